The minimum Gasteiger partial charge on any atom is -0.463 e. The number of methoxy groups -OCH3 is 2. The van der Waals surface area contributed by atoms with Crippen LogP contribution in [0.1, 0.15) is 29.5 Å². The Bertz CT molecular complexity index is 1100. The first-order chi connectivity index (χ1) is 19.1. The summed E-state index contributed by atoms with van der Waals surface area (Å²) in [5.74, 6) is -2.47. The van der Waals surface area contributed by atoms with Crippen molar-refractivity contribution in [1.29, 1.82) is 0 Å². The van der Waals surface area contributed by atoms with E-state index >= 15 is 4.39 Å². The fourth-order valence-electron chi connectivity index (χ4n) is 3.71. The van der Waals surface area contributed by atoms with Crippen molar-refractivity contribution in [3.63, 3.8) is 0 Å². The van der Waals surface area contributed by atoms with E-state index < -0.39 is 17.7 Å². The molecule has 0 unspecified atom stereocenters. The molecule has 0 N–H and O–H groups in total. The van der Waals surface area contributed by atoms with E-state index in [4.69, 9.17) is 38.2 Å². The fraction of sp³-hybridized carbons (Fsp3) is 0.345. The minimum atomic E-state index is -0.778. The van der Waals surface area contributed by atoms with Crippen LogP contribution in [-0.4, -0.2) is 60.2 Å². The highest BCUT2D eigenvalue weighted by Crippen LogP contribution is 2.46. The van der Waals surface area contributed by atoms with Gasteiger partial charge in [0, 0.05) is 33.1 Å². The number of carbonyl (C=O) groups excluding carboxylic acids is 1. The van der Waals surface area contributed by atoms with E-state index in [0.717, 1.165) is 11.1 Å². The summed E-state index contributed by atoms with van der Waals surface area (Å²) in [4.78, 5) is 21.8. The molecular weight excluding hydrogens is 511 g/mol. The van der Waals surface area contributed by atoms with Crippen molar-refractivity contribution in [1.82, 2.24) is 0 Å². The Kier molecular flexibility index (Phi) is 12.5. The molecule has 0 saturated heterocycles. The molecule has 0 spiro atoms. The van der Waals surface area contributed by atoms with Gasteiger partial charge in [-0.05, 0) is 11.1 Å². The van der Waals surface area contributed by atoms with Gasteiger partial charge in [-0.2, -0.15) is 0 Å². The quantitative estimate of drug-likeness (QED) is 0.0777. The van der Waals surface area contributed by atoms with Gasteiger partial charge < -0.3 is 28.4 Å². The fourth-order valence-corrected chi connectivity index (χ4v) is 3.71. The molecule has 0 atom stereocenters. The van der Waals surface area contributed by atoms with E-state index in [-0.39, 0.29) is 49.6 Å². The predicted octanol–water partition coefficient (Wildman–Crippen LogP) is 4.86. The lowest BCUT2D eigenvalue weighted by Crippen LogP contribution is -2.15. The maximum Gasteiger partial charge on any atom is 0.352 e. The van der Waals surface area contributed by atoms with Crippen LogP contribution in [0.2, 0.25) is 0 Å². The second kappa shape index (κ2) is 16.3. The number of carbonyl (C=O) groups is 1. The van der Waals surface area contributed by atoms with Crippen molar-refractivity contribution in [2.45, 2.75) is 12.8 Å². The van der Waals surface area contributed by atoms with E-state index in [1.54, 1.807) is 14.2 Å². The van der Waals surface area contributed by atoms with Crippen LogP contribution in [0, 0.1) is 5.82 Å². The average molecular weight is 545 g/mol. The van der Waals surface area contributed by atoms with Crippen LogP contribution in [0.3, 0.4) is 0 Å². The summed E-state index contributed by atoms with van der Waals surface area (Å²) < 4.78 is 48.7. The molecule has 0 aromatic heterocycles. The normalized spacial score (nSPS) is 10.9. The number of ether oxygens (including phenoxy) is 6. The molecule has 0 amide bonds. The Morgan fingerprint density at radius 3 is 1.82 bits per heavy atom. The minimum absolute atomic E-state index is 0.0361. The van der Waals surface area contributed by atoms with Crippen LogP contribution in [-0.2, 0) is 28.6 Å². The first-order valence-corrected chi connectivity index (χ1v) is 12.3. The van der Waals surface area contributed by atoms with Gasteiger partial charge in [0.05, 0.1) is 32.0 Å². The van der Waals surface area contributed by atoms with Crippen molar-refractivity contribution in [3.8, 4) is 17.2 Å². The molecular formula is C29H33FO9. The molecule has 0 heterocycles. The largest absolute Gasteiger partial charge is 0.463 e. The highest BCUT2D eigenvalue weighted by molar-refractivity contribution is 5.65. The molecule has 0 aliphatic rings. The number of hydrogen-bond donors (Lipinski definition) is 0. The zero-order valence-electron chi connectivity index (χ0n) is 22.2. The third-order valence-corrected chi connectivity index (χ3v) is 5.44. The Hall–Kier alpha value is -3.70. The van der Waals surface area contributed by atoms with Crippen molar-refractivity contribution in [2.24, 2.45) is 0 Å². The molecule has 0 fully saturated rings. The summed E-state index contributed by atoms with van der Waals surface area (Å²) in [6, 6.07) is 20.0. The maximum absolute atomic E-state index is 16.6. The topological polar surface area (TPSA) is 90.9 Å². The van der Waals surface area contributed by atoms with Gasteiger partial charge in [0.1, 0.15) is 0 Å². The zero-order valence-corrected chi connectivity index (χ0v) is 22.2. The Morgan fingerprint density at radius 1 is 0.769 bits per heavy atom. The third-order valence-electron chi connectivity index (χ3n) is 5.44. The summed E-state index contributed by atoms with van der Waals surface area (Å²) >= 11 is 0. The molecule has 3 aromatic rings. The molecule has 0 saturated carbocycles. The monoisotopic (exact) mass is 544 g/mol. The van der Waals surface area contributed by atoms with E-state index in [0.29, 0.717) is 13.2 Å². The van der Waals surface area contributed by atoms with Crippen molar-refractivity contribution in [3.05, 3.63) is 89.2 Å². The SMILES string of the molecule is COCCOCOc1cc(OOC(C)=O)c(C(c2ccccc2)c2ccccc2)c(F)c1OCOCCOC. The highest BCUT2D eigenvalue weighted by atomic mass is 19.1. The van der Waals surface area contributed by atoms with E-state index in [2.05, 4.69) is 0 Å². The van der Waals surface area contributed by atoms with Crippen LogP contribution in [0.4, 0.5) is 4.39 Å². The van der Waals surface area contributed by atoms with E-state index in [1.807, 2.05) is 60.7 Å². The van der Waals surface area contributed by atoms with Crippen LogP contribution in [0.5, 0.6) is 17.2 Å². The van der Waals surface area contributed by atoms with Crippen LogP contribution >= 0.6 is 0 Å². The Morgan fingerprint density at radius 2 is 1.31 bits per heavy atom. The van der Waals surface area contributed by atoms with Gasteiger partial charge in [-0.15, -0.1) is 0 Å². The van der Waals surface area contributed by atoms with Crippen molar-refractivity contribution < 1.29 is 47.4 Å². The number of halogens is 1. The van der Waals surface area contributed by atoms with Crippen molar-refractivity contribution >= 4 is 5.97 Å². The molecule has 0 radical (unpaired) electrons. The zero-order chi connectivity index (χ0) is 27.9. The molecule has 10 heteroatoms. The van der Waals surface area contributed by atoms with Crippen LogP contribution in [0.25, 0.3) is 0 Å². The van der Waals surface area contributed by atoms with E-state index in [1.165, 1.54) is 13.0 Å². The van der Waals surface area contributed by atoms with Gasteiger partial charge in [-0.3, -0.25) is 9.78 Å². The van der Waals surface area contributed by atoms with Crippen LogP contribution in [0.15, 0.2) is 66.7 Å². The number of benzene rings is 3. The Balaban J connectivity index is 2.12. The van der Waals surface area contributed by atoms with Crippen LogP contribution < -0.4 is 14.4 Å². The van der Waals surface area contributed by atoms with Gasteiger partial charge >= 0.3 is 5.97 Å². The van der Waals surface area contributed by atoms with Gasteiger partial charge in [0.2, 0.25) is 5.75 Å². The summed E-state index contributed by atoms with van der Waals surface area (Å²) in [6.45, 7) is 1.87. The van der Waals surface area contributed by atoms with E-state index in [9.17, 15) is 4.79 Å². The molecule has 0 aliphatic heterocycles. The van der Waals surface area contributed by atoms with Gasteiger partial charge in [-0.1, -0.05) is 60.7 Å². The summed E-state index contributed by atoms with van der Waals surface area (Å²) in [6.07, 6.45) is 0. The lowest BCUT2D eigenvalue weighted by Gasteiger charge is -2.24. The summed E-state index contributed by atoms with van der Waals surface area (Å²) in [5.41, 5.74) is 1.62. The molecule has 39 heavy (non-hydrogen) atoms. The van der Waals surface area contributed by atoms with Gasteiger partial charge in [-0.25, -0.2) is 9.18 Å². The Labute approximate surface area is 227 Å². The van der Waals surface area contributed by atoms with Gasteiger partial charge in [0.25, 0.3) is 0 Å². The summed E-state index contributed by atoms with van der Waals surface area (Å²) in [7, 11) is 3.09. The molecule has 3 aromatic carbocycles. The molecule has 9 nitrogen and oxygen atoms in total. The van der Waals surface area contributed by atoms with Gasteiger partial charge in [0.15, 0.2) is 30.9 Å². The first kappa shape index (κ1) is 29.9. The average Bonchev–Trinajstić information content (AvgIpc) is 2.95. The molecule has 3 rings (SSSR count). The second-order valence-corrected chi connectivity index (χ2v) is 8.17. The number of hydrogen-bond acceptors (Lipinski definition) is 9. The number of rotatable bonds is 17. The predicted molar refractivity (Wildman–Crippen MR) is 139 cm³/mol. The highest BCUT2D eigenvalue weighted by Gasteiger charge is 2.31. The first-order valence-electron chi connectivity index (χ1n) is 12.3. The molecule has 0 bridgehead atoms. The smallest absolute Gasteiger partial charge is 0.352 e. The summed E-state index contributed by atoms with van der Waals surface area (Å²) in [5, 5.41) is 0. The standard InChI is InChI=1S/C29H33FO9/c1-21(31)38-39-24-18-25(36-19-34-16-14-32-2)29(37-20-35-17-15-33-3)28(30)27(24)26(22-10-6-4-7-11-22)23-12-8-5-9-13-23/h4-13,18,26H,14-17,19-20H2,1-3H3. The second-order valence-electron chi connectivity index (χ2n) is 8.17. The third kappa shape index (κ3) is 8.93. The molecule has 210 valence electrons. The maximum atomic E-state index is 16.6. The lowest BCUT2D eigenvalue weighted by molar-refractivity contribution is -0.211. The molecule has 0 aliphatic carbocycles. The van der Waals surface area contributed by atoms with Crippen molar-refractivity contribution in [2.75, 3.05) is 54.2 Å². The lowest BCUT2D eigenvalue weighted by atomic mass is 9.84.